The summed E-state index contributed by atoms with van der Waals surface area (Å²) < 4.78 is 5.10. The smallest absolute Gasteiger partial charge is 0.0587 e. The molecule has 1 rings (SSSR count). The van der Waals surface area contributed by atoms with Crippen LogP contribution in [0.3, 0.4) is 0 Å². The Morgan fingerprint density at radius 2 is 1.83 bits per heavy atom. The van der Waals surface area contributed by atoms with E-state index in [0.29, 0.717) is 10.8 Å². The van der Waals surface area contributed by atoms with Crippen LogP contribution in [0.1, 0.15) is 65.7 Å². The van der Waals surface area contributed by atoms with Gasteiger partial charge in [0, 0.05) is 20.2 Å². The molecule has 0 atom stereocenters. The third-order valence-electron chi connectivity index (χ3n) is 4.28. The quantitative estimate of drug-likeness (QED) is 0.662. The highest BCUT2D eigenvalue weighted by molar-refractivity contribution is 4.87. The molecule has 1 saturated carbocycles. The molecule has 0 radical (unpaired) electrons. The van der Waals surface area contributed by atoms with Crippen molar-refractivity contribution in [3.63, 3.8) is 0 Å². The van der Waals surface area contributed by atoms with E-state index in [-0.39, 0.29) is 0 Å². The van der Waals surface area contributed by atoms with Gasteiger partial charge in [0.2, 0.25) is 0 Å². The Bertz CT molecular complexity index is 214. The van der Waals surface area contributed by atoms with E-state index < -0.39 is 0 Å². The molecule has 1 N–H and O–H groups in total. The van der Waals surface area contributed by atoms with Crippen molar-refractivity contribution in [1.82, 2.24) is 5.32 Å². The zero-order valence-electron chi connectivity index (χ0n) is 13.0. The summed E-state index contributed by atoms with van der Waals surface area (Å²) in [5.74, 6) is 0. The summed E-state index contributed by atoms with van der Waals surface area (Å²) in [6.45, 7) is 10.1. The highest BCUT2D eigenvalue weighted by Crippen LogP contribution is 2.42. The van der Waals surface area contributed by atoms with Gasteiger partial charge in [0.15, 0.2) is 0 Å². The first-order valence-corrected chi connectivity index (χ1v) is 7.67. The zero-order chi connectivity index (χ0) is 13.5. The normalized spacial score (nSPS) is 19.3. The summed E-state index contributed by atoms with van der Waals surface area (Å²) in [5, 5.41) is 3.59. The molecule has 0 heterocycles. The van der Waals surface area contributed by atoms with Crippen LogP contribution in [0.5, 0.6) is 0 Å². The minimum Gasteiger partial charge on any atom is -0.383 e. The molecule has 108 valence electrons. The summed E-state index contributed by atoms with van der Waals surface area (Å²) in [7, 11) is 1.77. The first-order chi connectivity index (χ1) is 8.47. The van der Waals surface area contributed by atoms with Gasteiger partial charge in [-0.05, 0) is 36.5 Å². The number of ether oxygens (including phenoxy) is 1. The van der Waals surface area contributed by atoms with Crippen LogP contribution in [0.2, 0.25) is 0 Å². The molecular weight excluding hydrogens is 222 g/mol. The van der Waals surface area contributed by atoms with E-state index >= 15 is 0 Å². The average Bonchev–Trinajstić information content (AvgIpc) is 2.72. The number of methoxy groups -OCH3 is 1. The molecule has 0 aromatic heterocycles. The summed E-state index contributed by atoms with van der Waals surface area (Å²) in [4.78, 5) is 0. The Labute approximate surface area is 114 Å². The van der Waals surface area contributed by atoms with E-state index in [1.54, 1.807) is 7.11 Å². The SMILES string of the molecule is COCCNCC1(CCCC(C)(C)C)CCCC1. The highest BCUT2D eigenvalue weighted by Gasteiger charge is 2.33. The summed E-state index contributed by atoms with van der Waals surface area (Å²) >= 11 is 0. The largest absolute Gasteiger partial charge is 0.383 e. The van der Waals surface area contributed by atoms with Crippen molar-refractivity contribution in [3.8, 4) is 0 Å². The van der Waals surface area contributed by atoms with Crippen molar-refractivity contribution >= 4 is 0 Å². The van der Waals surface area contributed by atoms with Gasteiger partial charge in [-0.1, -0.05) is 40.0 Å². The van der Waals surface area contributed by atoms with Crippen molar-refractivity contribution < 1.29 is 4.74 Å². The summed E-state index contributed by atoms with van der Waals surface area (Å²) in [6.07, 6.45) is 9.86. The van der Waals surface area contributed by atoms with Gasteiger partial charge in [0.1, 0.15) is 0 Å². The lowest BCUT2D eigenvalue weighted by Gasteiger charge is -2.31. The predicted molar refractivity (Wildman–Crippen MR) is 79.0 cm³/mol. The van der Waals surface area contributed by atoms with Crippen molar-refractivity contribution in [1.29, 1.82) is 0 Å². The van der Waals surface area contributed by atoms with Gasteiger partial charge in [0.25, 0.3) is 0 Å². The molecule has 0 bridgehead atoms. The predicted octanol–water partition coefficient (Wildman–Crippen LogP) is 4.00. The fourth-order valence-corrected chi connectivity index (χ4v) is 3.16. The maximum atomic E-state index is 5.10. The van der Waals surface area contributed by atoms with Crippen molar-refractivity contribution in [2.24, 2.45) is 10.8 Å². The van der Waals surface area contributed by atoms with Gasteiger partial charge in [-0.2, -0.15) is 0 Å². The van der Waals surface area contributed by atoms with Crippen LogP contribution in [0.15, 0.2) is 0 Å². The minimum atomic E-state index is 0.489. The maximum absolute atomic E-state index is 5.10. The molecular formula is C16H33NO. The fraction of sp³-hybridized carbons (Fsp3) is 1.00. The molecule has 0 aromatic rings. The number of rotatable bonds is 8. The van der Waals surface area contributed by atoms with Crippen molar-refractivity contribution in [2.45, 2.75) is 65.7 Å². The Kier molecular flexibility index (Phi) is 6.65. The molecule has 0 amide bonds. The molecule has 1 aliphatic rings. The average molecular weight is 255 g/mol. The lowest BCUT2D eigenvalue weighted by molar-refractivity contribution is 0.184. The van der Waals surface area contributed by atoms with Gasteiger partial charge in [-0.15, -0.1) is 0 Å². The van der Waals surface area contributed by atoms with Gasteiger partial charge in [-0.25, -0.2) is 0 Å². The van der Waals surface area contributed by atoms with E-state index in [4.69, 9.17) is 4.74 Å². The van der Waals surface area contributed by atoms with Crippen LogP contribution in [0.4, 0.5) is 0 Å². The third-order valence-corrected chi connectivity index (χ3v) is 4.28. The van der Waals surface area contributed by atoms with Gasteiger partial charge in [-0.3, -0.25) is 0 Å². The van der Waals surface area contributed by atoms with Crippen molar-refractivity contribution in [3.05, 3.63) is 0 Å². The fourth-order valence-electron chi connectivity index (χ4n) is 3.16. The van der Waals surface area contributed by atoms with Crippen LogP contribution in [0, 0.1) is 10.8 Å². The highest BCUT2D eigenvalue weighted by atomic mass is 16.5. The lowest BCUT2D eigenvalue weighted by atomic mass is 9.78. The van der Waals surface area contributed by atoms with Crippen LogP contribution >= 0.6 is 0 Å². The van der Waals surface area contributed by atoms with Crippen LogP contribution < -0.4 is 5.32 Å². The molecule has 1 fully saturated rings. The molecule has 0 spiro atoms. The van der Waals surface area contributed by atoms with Gasteiger partial charge >= 0.3 is 0 Å². The molecule has 18 heavy (non-hydrogen) atoms. The first kappa shape index (κ1) is 16.0. The molecule has 2 heteroatoms. The first-order valence-electron chi connectivity index (χ1n) is 7.67. The molecule has 0 aromatic carbocycles. The van der Waals surface area contributed by atoms with E-state index in [2.05, 4.69) is 26.1 Å². The Morgan fingerprint density at radius 1 is 1.17 bits per heavy atom. The van der Waals surface area contributed by atoms with E-state index in [9.17, 15) is 0 Å². The van der Waals surface area contributed by atoms with Crippen LogP contribution in [-0.2, 0) is 4.74 Å². The third kappa shape index (κ3) is 6.19. The molecule has 0 aliphatic heterocycles. The second-order valence-corrected chi connectivity index (χ2v) is 7.29. The molecule has 2 nitrogen and oxygen atoms in total. The number of hydrogen-bond acceptors (Lipinski definition) is 2. The lowest BCUT2D eigenvalue weighted by Crippen LogP contribution is -2.34. The van der Waals surface area contributed by atoms with Gasteiger partial charge in [0.05, 0.1) is 6.61 Å². The summed E-state index contributed by atoms with van der Waals surface area (Å²) in [6, 6.07) is 0. The van der Waals surface area contributed by atoms with E-state index in [1.807, 2.05) is 0 Å². The minimum absolute atomic E-state index is 0.489. The standard InChI is InChI=1S/C16H33NO/c1-15(2,3)8-7-11-16(9-5-6-10-16)14-17-12-13-18-4/h17H,5-14H2,1-4H3. The van der Waals surface area contributed by atoms with Crippen LogP contribution in [-0.4, -0.2) is 26.8 Å². The van der Waals surface area contributed by atoms with Crippen molar-refractivity contribution in [2.75, 3.05) is 26.8 Å². The molecule has 0 unspecified atom stereocenters. The Hall–Kier alpha value is -0.0800. The maximum Gasteiger partial charge on any atom is 0.0587 e. The summed E-state index contributed by atoms with van der Waals surface area (Å²) in [5.41, 5.74) is 1.09. The van der Waals surface area contributed by atoms with Crippen LogP contribution in [0.25, 0.3) is 0 Å². The molecule has 0 saturated heterocycles. The monoisotopic (exact) mass is 255 g/mol. The Balaban J connectivity index is 2.29. The Morgan fingerprint density at radius 3 is 2.39 bits per heavy atom. The second-order valence-electron chi connectivity index (χ2n) is 7.29. The van der Waals surface area contributed by atoms with Gasteiger partial charge < -0.3 is 10.1 Å². The molecule has 1 aliphatic carbocycles. The zero-order valence-corrected chi connectivity index (χ0v) is 13.0. The van der Waals surface area contributed by atoms with E-state index in [0.717, 1.165) is 13.2 Å². The van der Waals surface area contributed by atoms with E-state index in [1.165, 1.54) is 51.5 Å². The second kappa shape index (κ2) is 7.49. The number of nitrogens with one attached hydrogen (secondary N) is 1. The number of hydrogen-bond donors (Lipinski definition) is 1. The topological polar surface area (TPSA) is 21.3 Å².